The second kappa shape index (κ2) is 12.6. The largest absolute Gasteiger partial charge is 0.455 e. The molecule has 9 rings (SSSR count). The van der Waals surface area contributed by atoms with Crippen LogP contribution in [0.1, 0.15) is 0 Å². The number of hydrogen-bond acceptors (Lipinski definition) is 5. The molecule has 5 heteroatoms. The summed E-state index contributed by atoms with van der Waals surface area (Å²) in [6.07, 6.45) is 0. The standard InChI is InChI=1S/C45H30N4O/c1-5-14-32(15-6-1)43-46-44(33-16-7-2-8-17-33)48-45(47-43)34-26-29-41-40(30-34)39-23-13-22-38(42(39)50-41)31-24-27-37(28-25-31)49(35-18-9-3-10-19-35)36-20-11-4-12-21-36/h1-30H. The van der Waals surface area contributed by atoms with Gasteiger partial charge in [0.1, 0.15) is 11.2 Å². The van der Waals surface area contributed by atoms with Gasteiger partial charge in [-0.05, 0) is 60.2 Å². The zero-order valence-corrected chi connectivity index (χ0v) is 27.0. The van der Waals surface area contributed by atoms with Crippen molar-refractivity contribution < 1.29 is 4.42 Å². The molecule has 0 unspecified atom stereocenters. The van der Waals surface area contributed by atoms with Gasteiger partial charge in [0.05, 0.1) is 0 Å². The third-order valence-electron chi connectivity index (χ3n) is 8.92. The van der Waals surface area contributed by atoms with E-state index in [1.165, 1.54) is 0 Å². The van der Waals surface area contributed by atoms with Crippen LogP contribution in [-0.4, -0.2) is 15.0 Å². The Morgan fingerprint density at radius 2 is 0.840 bits per heavy atom. The molecule has 0 saturated heterocycles. The Morgan fingerprint density at radius 1 is 0.360 bits per heavy atom. The molecule has 0 radical (unpaired) electrons. The van der Waals surface area contributed by atoms with E-state index in [2.05, 4.69) is 102 Å². The van der Waals surface area contributed by atoms with Crippen LogP contribution in [0.15, 0.2) is 186 Å². The molecule has 0 atom stereocenters. The number of furan rings is 1. The minimum Gasteiger partial charge on any atom is -0.455 e. The number of hydrogen-bond donors (Lipinski definition) is 0. The average molecular weight is 643 g/mol. The van der Waals surface area contributed by atoms with Crippen LogP contribution < -0.4 is 4.90 Å². The maximum Gasteiger partial charge on any atom is 0.164 e. The molecule has 0 amide bonds. The molecule has 0 saturated carbocycles. The van der Waals surface area contributed by atoms with E-state index in [-0.39, 0.29) is 0 Å². The van der Waals surface area contributed by atoms with Gasteiger partial charge in [0.15, 0.2) is 17.5 Å². The quantitative estimate of drug-likeness (QED) is 0.173. The highest BCUT2D eigenvalue weighted by molar-refractivity contribution is 6.10. The molecule has 0 bridgehead atoms. The van der Waals surface area contributed by atoms with Crippen molar-refractivity contribution in [1.29, 1.82) is 0 Å². The fraction of sp³-hybridized carbons (Fsp3) is 0. The van der Waals surface area contributed by atoms with Crippen LogP contribution in [0.2, 0.25) is 0 Å². The Balaban J connectivity index is 1.12. The summed E-state index contributed by atoms with van der Waals surface area (Å²) in [6.45, 7) is 0. The first-order chi connectivity index (χ1) is 24.8. The van der Waals surface area contributed by atoms with Gasteiger partial charge in [0, 0.05) is 50.1 Å². The van der Waals surface area contributed by atoms with Gasteiger partial charge in [0.25, 0.3) is 0 Å². The molecule has 236 valence electrons. The lowest BCUT2D eigenvalue weighted by Crippen LogP contribution is -2.09. The molecule has 0 aliphatic carbocycles. The molecule has 7 aromatic carbocycles. The highest BCUT2D eigenvalue weighted by Gasteiger charge is 2.17. The second-order valence-corrected chi connectivity index (χ2v) is 12.1. The lowest BCUT2D eigenvalue weighted by atomic mass is 10.0. The maximum absolute atomic E-state index is 6.57. The van der Waals surface area contributed by atoms with E-state index in [0.717, 1.165) is 66.8 Å². The van der Waals surface area contributed by atoms with E-state index < -0.39 is 0 Å². The SMILES string of the molecule is c1ccc(-c2nc(-c3ccccc3)nc(-c3ccc4oc5c(-c6ccc(N(c7ccccc7)c7ccccc7)cc6)cccc5c4c3)n2)cc1. The fourth-order valence-corrected chi connectivity index (χ4v) is 6.49. The number of nitrogens with zero attached hydrogens (tertiary/aromatic N) is 4. The van der Waals surface area contributed by atoms with E-state index in [0.29, 0.717) is 17.5 Å². The van der Waals surface area contributed by atoms with Crippen molar-refractivity contribution in [3.63, 3.8) is 0 Å². The Kier molecular flexibility index (Phi) is 7.41. The zero-order chi connectivity index (χ0) is 33.3. The van der Waals surface area contributed by atoms with Gasteiger partial charge in [-0.1, -0.05) is 127 Å². The topological polar surface area (TPSA) is 55.1 Å². The van der Waals surface area contributed by atoms with Gasteiger partial charge < -0.3 is 9.32 Å². The highest BCUT2D eigenvalue weighted by atomic mass is 16.3. The summed E-state index contributed by atoms with van der Waals surface area (Å²) >= 11 is 0. The van der Waals surface area contributed by atoms with Crippen LogP contribution in [-0.2, 0) is 0 Å². The molecule has 50 heavy (non-hydrogen) atoms. The van der Waals surface area contributed by atoms with Gasteiger partial charge in [-0.2, -0.15) is 0 Å². The van der Waals surface area contributed by atoms with Crippen LogP contribution >= 0.6 is 0 Å². The maximum atomic E-state index is 6.57. The summed E-state index contributed by atoms with van der Waals surface area (Å²) in [5.74, 6) is 1.88. The predicted molar refractivity (Wildman–Crippen MR) is 204 cm³/mol. The van der Waals surface area contributed by atoms with E-state index in [9.17, 15) is 0 Å². The normalized spacial score (nSPS) is 11.2. The molecule has 0 spiro atoms. The number of fused-ring (bicyclic) bond motifs is 3. The van der Waals surface area contributed by atoms with Crippen molar-refractivity contribution in [3.8, 4) is 45.3 Å². The van der Waals surface area contributed by atoms with Crippen molar-refractivity contribution in [1.82, 2.24) is 15.0 Å². The summed E-state index contributed by atoms with van der Waals surface area (Å²) in [7, 11) is 0. The summed E-state index contributed by atoms with van der Waals surface area (Å²) in [5.41, 5.74) is 9.84. The van der Waals surface area contributed by atoms with Crippen molar-refractivity contribution in [2.45, 2.75) is 0 Å². The molecule has 0 fully saturated rings. The molecule has 2 heterocycles. The number of anilines is 3. The van der Waals surface area contributed by atoms with E-state index in [1.807, 2.05) is 84.9 Å². The average Bonchev–Trinajstić information content (AvgIpc) is 3.58. The van der Waals surface area contributed by atoms with Crippen LogP contribution in [0.3, 0.4) is 0 Å². The predicted octanol–water partition coefficient (Wildman–Crippen LogP) is 11.9. The molecule has 5 nitrogen and oxygen atoms in total. The monoisotopic (exact) mass is 642 g/mol. The number of para-hydroxylation sites is 3. The lowest BCUT2D eigenvalue weighted by molar-refractivity contribution is 0.670. The van der Waals surface area contributed by atoms with Crippen LogP contribution in [0.5, 0.6) is 0 Å². The Hall–Kier alpha value is -6.85. The molecular formula is C45H30N4O. The summed E-state index contributed by atoms with van der Waals surface area (Å²) in [4.78, 5) is 17.0. The fourth-order valence-electron chi connectivity index (χ4n) is 6.49. The van der Waals surface area contributed by atoms with Gasteiger partial charge in [-0.3, -0.25) is 0 Å². The Labute approximate surface area is 289 Å². The molecule has 0 aliphatic heterocycles. The van der Waals surface area contributed by atoms with Crippen LogP contribution in [0.25, 0.3) is 67.2 Å². The van der Waals surface area contributed by atoms with Crippen LogP contribution in [0, 0.1) is 0 Å². The molecule has 0 N–H and O–H groups in total. The first-order valence-corrected chi connectivity index (χ1v) is 16.6. The highest BCUT2D eigenvalue weighted by Crippen LogP contribution is 2.40. The summed E-state index contributed by atoms with van der Waals surface area (Å²) < 4.78 is 6.57. The van der Waals surface area contributed by atoms with E-state index >= 15 is 0 Å². The minimum atomic E-state index is 0.613. The first-order valence-electron chi connectivity index (χ1n) is 16.6. The van der Waals surface area contributed by atoms with Crippen molar-refractivity contribution in [2.75, 3.05) is 4.90 Å². The number of rotatable bonds is 7. The smallest absolute Gasteiger partial charge is 0.164 e. The second-order valence-electron chi connectivity index (χ2n) is 12.1. The Morgan fingerprint density at radius 3 is 1.40 bits per heavy atom. The number of aromatic nitrogens is 3. The third kappa shape index (κ3) is 5.47. The first kappa shape index (κ1) is 29.3. The molecular weight excluding hydrogens is 613 g/mol. The van der Waals surface area contributed by atoms with Crippen molar-refractivity contribution >= 4 is 39.0 Å². The van der Waals surface area contributed by atoms with Crippen molar-refractivity contribution in [3.05, 3.63) is 182 Å². The van der Waals surface area contributed by atoms with Crippen LogP contribution in [0.4, 0.5) is 17.1 Å². The third-order valence-corrected chi connectivity index (χ3v) is 8.92. The van der Waals surface area contributed by atoms with E-state index in [4.69, 9.17) is 19.4 Å². The van der Waals surface area contributed by atoms with Gasteiger partial charge in [-0.25, -0.2) is 15.0 Å². The van der Waals surface area contributed by atoms with E-state index in [1.54, 1.807) is 0 Å². The number of benzene rings is 7. The van der Waals surface area contributed by atoms with Gasteiger partial charge >= 0.3 is 0 Å². The molecule has 2 aromatic heterocycles. The molecule has 9 aromatic rings. The van der Waals surface area contributed by atoms with Gasteiger partial charge in [-0.15, -0.1) is 0 Å². The summed E-state index contributed by atoms with van der Waals surface area (Å²) in [6, 6.07) is 62.1. The lowest BCUT2D eigenvalue weighted by Gasteiger charge is -2.25. The zero-order valence-electron chi connectivity index (χ0n) is 27.0. The molecule has 0 aliphatic rings. The minimum absolute atomic E-state index is 0.613. The Bertz CT molecular complexity index is 2470. The van der Waals surface area contributed by atoms with Crippen molar-refractivity contribution in [2.24, 2.45) is 0 Å². The van der Waals surface area contributed by atoms with Gasteiger partial charge in [0.2, 0.25) is 0 Å². The summed E-state index contributed by atoms with van der Waals surface area (Å²) in [5, 5.41) is 2.05.